The highest BCUT2D eigenvalue weighted by molar-refractivity contribution is 7.80. The Balaban J connectivity index is 1.45. The van der Waals surface area contributed by atoms with Crippen molar-refractivity contribution in [1.82, 2.24) is 10.3 Å². The second kappa shape index (κ2) is 8.92. The zero-order valence-electron chi connectivity index (χ0n) is 14.0. The largest absolute Gasteiger partial charge is 0.489 e. The number of nitrogens with one attached hydrogen (secondary N) is 2. The molecule has 2 aromatic carbocycles. The van der Waals surface area contributed by atoms with Gasteiger partial charge in [0.2, 0.25) is 0 Å². The van der Waals surface area contributed by atoms with Crippen LogP contribution in [0.4, 0.5) is 10.1 Å². The van der Waals surface area contributed by atoms with E-state index in [-0.39, 0.29) is 5.82 Å². The van der Waals surface area contributed by atoms with E-state index in [1.54, 1.807) is 24.5 Å². The Hall–Kier alpha value is -2.99. The van der Waals surface area contributed by atoms with E-state index in [9.17, 15) is 4.39 Å². The van der Waals surface area contributed by atoms with Crippen LogP contribution in [-0.2, 0) is 13.2 Å². The SMILES string of the molecule is Fc1ccc(COc2ccc(CNC(=S)Nc3cccnc3)cc2)cc1. The maximum absolute atomic E-state index is 12.9. The second-order valence-corrected chi connectivity index (χ2v) is 6.02. The van der Waals surface area contributed by atoms with Gasteiger partial charge in [-0.05, 0) is 59.7 Å². The lowest BCUT2D eigenvalue weighted by Gasteiger charge is -2.11. The van der Waals surface area contributed by atoms with Crippen LogP contribution in [0.2, 0.25) is 0 Å². The first-order valence-corrected chi connectivity index (χ1v) is 8.51. The minimum absolute atomic E-state index is 0.249. The summed E-state index contributed by atoms with van der Waals surface area (Å²) in [5.74, 6) is 0.510. The molecule has 0 bridgehead atoms. The summed E-state index contributed by atoms with van der Waals surface area (Å²) in [5.41, 5.74) is 2.84. The van der Waals surface area contributed by atoms with Crippen LogP contribution < -0.4 is 15.4 Å². The summed E-state index contributed by atoms with van der Waals surface area (Å²) in [7, 11) is 0. The highest BCUT2D eigenvalue weighted by Gasteiger charge is 2.00. The first kappa shape index (κ1) is 17.8. The van der Waals surface area contributed by atoms with E-state index in [1.165, 1.54) is 12.1 Å². The Morgan fingerprint density at radius 3 is 2.42 bits per heavy atom. The first-order chi connectivity index (χ1) is 12.7. The molecule has 0 saturated heterocycles. The number of thiocarbonyl (C=S) groups is 1. The van der Waals surface area contributed by atoms with Crippen molar-refractivity contribution in [2.45, 2.75) is 13.2 Å². The summed E-state index contributed by atoms with van der Waals surface area (Å²) in [4.78, 5) is 4.03. The van der Waals surface area contributed by atoms with Crippen molar-refractivity contribution in [1.29, 1.82) is 0 Å². The molecule has 0 radical (unpaired) electrons. The number of halogens is 1. The van der Waals surface area contributed by atoms with Crippen molar-refractivity contribution < 1.29 is 9.13 Å². The Morgan fingerprint density at radius 2 is 1.73 bits per heavy atom. The number of rotatable bonds is 6. The van der Waals surface area contributed by atoms with Gasteiger partial charge in [0.1, 0.15) is 18.2 Å². The molecule has 0 fully saturated rings. The van der Waals surface area contributed by atoms with Crippen molar-refractivity contribution in [3.8, 4) is 5.75 Å². The zero-order chi connectivity index (χ0) is 18.2. The average Bonchev–Trinajstić information content (AvgIpc) is 2.67. The number of pyridine rings is 1. The van der Waals surface area contributed by atoms with Gasteiger partial charge in [0.25, 0.3) is 0 Å². The molecule has 3 aromatic rings. The molecule has 0 spiro atoms. The minimum atomic E-state index is -0.249. The van der Waals surface area contributed by atoms with Crippen molar-refractivity contribution in [3.05, 3.63) is 90.0 Å². The van der Waals surface area contributed by atoms with Gasteiger partial charge in [-0.25, -0.2) is 4.39 Å². The molecule has 0 aliphatic carbocycles. The average molecular weight is 367 g/mol. The molecule has 132 valence electrons. The molecule has 26 heavy (non-hydrogen) atoms. The van der Waals surface area contributed by atoms with Crippen LogP contribution in [0.5, 0.6) is 5.75 Å². The first-order valence-electron chi connectivity index (χ1n) is 8.10. The summed E-state index contributed by atoms with van der Waals surface area (Å²) in [6, 6.07) is 17.8. The predicted molar refractivity (Wildman–Crippen MR) is 104 cm³/mol. The van der Waals surface area contributed by atoms with E-state index in [2.05, 4.69) is 15.6 Å². The lowest BCUT2D eigenvalue weighted by atomic mass is 10.2. The Bertz CT molecular complexity index is 839. The van der Waals surface area contributed by atoms with E-state index in [1.807, 2.05) is 36.4 Å². The molecule has 4 nitrogen and oxygen atoms in total. The number of ether oxygens (including phenoxy) is 1. The van der Waals surface area contributed by atoms with Crippen LogP contribution in [0.25, 0.3) is 0 Å². The van der Waals surface area contributed by atoms with Crippen molar-refractivity contribution in [3.63, 3.8) is 0 Å². The van der Waals surface area contributed by atoms with E-state index in [0.29, 0.717) is 18.3 Å². The molecule has 2 N–H and O–H groups in total. The van der Waals surface area contributed by atoms with E-state index < -0.39 is 0 Å². The van der Waals surface area contributed by atoms with Crippen LogP contribution >= 0.6 is 12.2 Å². The predicted octanol–water partition coefficient (Wildman–Crippen LogP) is 4.29. The fourth-order valence-electron chi connectivity index (χ4n) is 2.25. The summed E-state index contributed by atoms with van der Waals surface area (Å²) >= 11 is 5.26. The fraction of sp³-hybridized carbons (Fsp3) is 0.100. The van der Waals surface area contributed by atoms with Crippen LogP contribution in [0.15, 0.2) is 73.1 Å². The lowest BCUT2D eigenvalue weighted by molar-refractivity contribution is 0.306. The smallest absolute Gasteiger partial charge is 0.171 e. The number of hydrogen-bond acceptors (Lipinski definition) is 3. The number of anilines is 1. The van der Waals surface area contributed by atoms with Crippen molar-refractivity contribution in [2.24, 2.45) is 0 Å². The van der Waals surface area contributed by atoms with E-state index in [0.717, 1.165) is 22.6 Å². The van der Waals surface area contributed by atoms with Gasteiger partial charge in [0, 0.05) is 12.7 Å². The van der Waals surface area contributed by atoms with Crippen LogP contribution in [-0.4, -0.2) is 10.1 Å². The number of benzene rings is 2. The molecule has 0 unspecified atom stereocenters. The maximum Gasteiger partial charge on any atom is 0.171 e. The van der Waals surface area contributed by atoms with Gasteiger partial charge in [-0.15, -0.1) is 0 Å². The fourth-order valence-corrected chi connectivity index (χ4v) is 2.44. The molecule has 3 rings (SSSR count). The van der Waals surface area contributed by atoms with Crippen LogP contribution in [0, 0.1) is 5.82 Å². The topological polar surface area (TPSA) is 46.2 Å². The second-order valence-electron chi connectivity index (χ2n) is 5.61. The minimum Gasteiger partial charge on any atom is -0.489 e. The molecule has 0 aliphatic rings. The Kier molecular flexibility index (Phi) is 6.11. The van der Waals surface area contributed by atoms with Gasteiger partial charge in [0.15, 0.2) is 5.11 Å². The van der Waals surface area contributed by atoms with Gasteiger partial charge >= 0.3 is 0 Å². The molecule has 0 saturated carbocycles. The molecule has 1 aromatic heterocycles. The number of aromatic nitrogens is 1. The summed E-state index contributed by atoms with van der Waals surface area (Å²) in [5, 5.41) is 6.76. The standard InChI is InChI=1S/C20H18FN3OS/c21-17-7-3-16(4-8-17)14-25-19-9-5-15(6-10-19)12-23-20(26)24-18-2-1-11-22-13-18/h1-11,13H,12,14H2,(H2,23,24,26). The van der Waals surface area contributed by atoms with Crippen molar-refractivity contribution >= 4 is 23.0 Å². The van der Waals surface area contributed by atoms with Gasteiger partial charge in [-0.2, -0.15) is 0 Å². The number of nitrogens with zero attached hydrogens (tertiary/aromatic N) is 1. The van der Waals surface area contributed by atoms with Gasteiger partial charge in [-0.1, -0.05) is 24.3 Å². The third-order valence-corrected chi connectivity index (χ3v) is 3.86. The van der Waals surface area contributed by atoms with E-state index >= 15 is 0 Å². The maximum atomic E-state index is 12.9. The molecule has 6 heteroatoms. The molecular weight excluding hydrogens is 349 g/mol. The molecule has 0 atom stereocenters. The summed E-state index contributed by atoms with van der Waals surface area (Å²) < 4.78 is 18.6. The van der Waals surface area contributed by atoms with Gasteiger partial charge in [0.05, 0.1) is 11.9 Å². The zero-order valence-corrected chi connectivity index (χ0v) is 14.8. The normalized spacial score (nSPS) is 10.2. The Labute approximate surface area is 157 Å². The highest BCUT2D eigenvalue weighted by Crippen LogP contribution is 2.14. The number of hydrogen-bond donors (Lipinski definition) is 2. The van der Waals surface area contributed by atoms with Crippen LogP contribution in [0.3, 0.4) is 0 Å². The van der Waals surface area contributed by atoms with Crippen LogP contribution in [0.1, 0.15) is 11.1 Å². The van der Waals surface area contributed by atoms with Crippen molar-refractivity contribution in [2.75, 3.05) is 5.32 Å². The third kappa shape index (κ3) is 5.53. The molecular formula is C20H18FN3OS. The van der Waals surface area contributed by atoms with Gasteiger partial charge in [-0.3, -0.25) is 4.98 Å². The summed E-state index contributed by atoms with van der Waals surface area (Å²) in [6.45, 7) is 1.00. The monoisotopic (exact) mass is 367 g/mol. The van der Waals surface area contributed by atoms with Gasteiger partial charge < -0.3 is 15.4 Å². The Morgan fingerprint density at radius 1 is 1.00 bits per heavy atom. The molecule has 1 heterocycles. The molecule has 0 amide bonds. The van der Waals surface area contributed by atoms with E-state index in [4.69, 9.17) is 17.0 Å². The highest BCUT2D eigenvalue weighted by atomic mass is 32.1. The molecule has 0 aliphatic heterocycles. The summed E-state index contributed by atoms with van der Waals surface area (Å²) in [6.07, 6.45) is 3.42. The lowest BCUT2D eigenvalue weighted by Crippen LogP contribution is -2.27. The quantitative estimate of drug-likeness (QED) is 0.637. The third-order valence-electron chi connectivity index (χ3n) is 3.61.